The van der Waals surface area contributed by atoms with Gasteiger partial charge in [0.25, 0.3) is 0 Å². The van der Waals surface area contributed by atoms with Crippen LogP contribution in [0.3, 0.4) is 0 Å². The van der Waals surface area contributed by atoms with E-state index in [4.69, 9.17) is 5.11 Å². The maximum Gasteiger partial charge on any atom is 0.326 e. The molecule has 0 aromatic rings. The molecular weight excluding hydrogens is 258 g/mol. The number of carbonyl (C=O) groups is 2. The van der Waals surface area contributed by atoms with Gasteiger partial charge < -0.3 is 20.6 Å². The summed E-state index contributed by atoms with van der Waals surface area (Å²) in [5.74, 6) is -1.04. The molecule has 0 aromatic heterocycles. The van der Waals surface area contributed by atoms with E-state index in [-0.39, 0.29) is 12.5 Å². The molecule has 6 nitrogen and oxygen atoms in total. The Kier molecular flexibility index (Phi) is 7.08. The van der Waals surface area contributed by atoms with Gasteiger partial charge in [-0.15, -0.1) is 6.58 Å². The number of carbonyl (C=O) groups excluding carboxylic acids is 1. The second-order valence-electron chi connectivity index (χ2n) is 5.15. The fraction of sp³-hybridized carbons (Fsp3) is 0.714. The van der Waals surface area contributed by atoms with Crippen LogP contribution in [-0.4, -0.2) is 53.7 Å². The van der Waals surface area contributed by atoms with E-state index in [9.17, 15) is 9.59 Å². The van der Waals surface area contributed by atoms with Gasteiger partial charge in [-0.05, 0) is 32.2 Å². The number of nitrogens with one attached hydrogen (secondary N) is 2. The Bertz CT molecular complexity index is 339. The lowest BCUT2D eigenvalue weighted by molar-refractivity contribution is -0.139. The van der Waals surface area contributed by atoms with Crippen LogP contribution >= 0.6 is 0 Å². The average molecular weight is 283 g/mol. The second kappa shape index (κ2) is 8.58. The first kappa shape index (κ1) is 16.5. The molecular formula is C14H25N3O3. The number of hydrogen-bond donors (Lipinski definition) is 3. The van der Waals surface area contributed by atoms with Crippen molar-refractivity contribution in [2.75, 3.05) is 19.6 Å². The maximum absolute atomic E-state index is 11.8. The van der Waals surface area contributed by atoms with Gasteiger partial charge in [-0.3, -0.25) is 0 Å². The quantitative estimate of drug-likeness (QED) is 0.613. The zero-order valence-corrected chi connectivity index (χ0v) is 12.1. The maximum atomic E-state index is 11.8. The molecule has 1 fully saturated rings. The Morgan fingerprint density at radius 2 is 2.10 bits per heavy atom. The molecule has 3 N–H and O–H groups in total. The molecule has 1 aliphatic rings. The number of nitrogens with zero attached hydrogens (tertiary/aromatic N) is 1. The smallest absolute Gasteiger partial charge is 0.326 e. The molecule has 0 spiro atoms. The zero-order valence-electron chi connectivity index (χ0n) is 12.1. The van der Waals surface area contributed by atoms with Crippen LogP contribution in [0.4, 0.5) is 4.79 Å². The molecule has 0 aliphatic carbocycles. The Balaban J connectivity index is 2.32. The number of piperidine rings is 1. The summed E-state index contributed by atoms with van der Waals surface area (Å²) >= 11 is 0. The van der Waals surface area contributed by atoms with Crippen molar-refractivity contribution < 1.29 is 14.7 Å². The zero-order chi connectivity index (χ0) is 15.0. The molecule has 0 bridgehead atoms. The van der Waals surface area contributed by atoms with E-state index >= 15 is 0 Å². The minimum atomic E-state index is -1.04. The van der Waals surface area contributed by atoms with Crippen LogP contribution in [0.2, 0.25) is 0 Å². The van der Waals surface area contributed by atoms with Crippen molar-refractivity contribution in [3.05, 3.63) is 12.7 Å². The van der Waals surface area contributed by atoms with Crippen molar-refractivity contribution in [2.24, 2.45) is 0 Å². The Hall–Kier alpha value is -1.56. The predicted octanol–water partition coefficient (Wildman–Crippen LogP) is 1.19. The summed E-state index contributed by atoms with van der Waals surface area (Å²) in [4.78, 5) is 25.1. The number of hydrogen-bond acceptors (Lipinski definition) is 3. The highest BCUT2D eigenvalue weighted by molar-refractivity contribution is 5.82. The highest BCUT2D eigenvalue weighted by Crippen LogP contribution is 2.10. The molecule has 0 radical (unpaired) electrons. The van der Waals surface area contributed by atoms with Crippen LogP contribution in [0.25, 0.3) is 0 Å². The summed E-state index contributed by atoms with van der Waals surface area (Å²) in [6.45, 7) is 8.70. The number of likely N-dealkylation sites (tertiary alicyclic amines) is 1. The van der Waals surface area contributed by atoms with Gasteiger partial charge in [-0.1, -0.05) is 13.0 Å². The Labute approximate surface area is 120 Å². The van der Waals surface area contributed by atoms with Crippen molar-refractivity contribution in [1.82, 2.24) is 15.5 Å². The van der Waals surface area contributed by atoms with E-state index in [0.29, 0.717) is 0 Å². The van der Waals surface area contributed by atoms with Crippen molar-refractivity contribution in [2.45, 2.75) is 44.7 Å². The van der Waals surface area contributed by atoms with Gasteiger partial charge in [0.05, 0.1) is 0 Å². The van der Waals surface area contributed by atoms with Crippen LogP contribution in [0.5, 0.6) is 0 Å². The third-order valence-electron chi connectivity index (χ3n) is 3.47. The van der Waals surface area contributed by atoms with Crippen molar-refractivity contribution >= 4 is 12.0 Å². The van der Waals surface area contributed by atoms with Crippen LogP contribution in [0.1, 0.15) is 32.6 Å². The first-order valence-corrected chi connectivity index (χ1v) is 7.19. The van der Waals surface area contributed by atoms with E-state index in [0.717, 1.165) is 38.9 Å². The van der Waals surface area contributed by atoms with Gasteiger partial charge >= 0.3 is 12.0 Å². The molecule has 6 heteroatoms. The lowest BCUT2D eigenvalue weighted by Crippen LogP contribution is -2.51. The first-order chi connectivity index (χ1) is 9.56. The standard InChI is InChI=1S/C14H25N3O3/c1-3-5-12(13(18)19)16-14(20)15-11-6-9-17(8-4-2)10-7-11/h3,11-12H,1,4-10H2,2H3,(H,18,19)(H2,15,16,20). The molecule has 1 aliphatic heterocycles. The molecule has 20 heavy (non-hydrogen) atoms. The van der Waals surface area contributed by atoms with E-state index in [1.54, 1.807) is 0 Å². The molecule has 1 unspecified atom stereocenters. The average Bonchev–Trinajstić information content (AvgIpc) is 2.40. The van der Waals surface area contributed by atoms with Gasteiger partial charge in [0.1, 0.15) is 6.04 Å². The van der Waals surface area contributed by atoms with Gasteiger partial charge in [-0.25, -0.2) is 9.59 Å². The largest absolute Gasteiger partial charge is 0.480 e. The number of urea groups is 1. The van der Waals surface area contributed by atoms with Crippen molar-refractivity contribution in [3.63, 3.8) is 0 Å². The summed E-state index contributed by atoms with van der Waals surface area (Å²) in [6.07, 6.45) is 4.67. The first-order valence-electron chi connectivity index (χ1n) is 7.19. The monoisotopic (exact) mass is 283 g/mol. The van der Waals surface area contributed by atoms with E-state index in [1.807, 2.05) is 0 Å². The van der Waals surface area contributed by atoms with Crippen molar-refractivity contribution in [3.8, 4) is 0 Å². The summed E-state index contributed by atoms with van der Waals surface area (Å²) in [5, 5.41) is 14.3. The summed E-state index contributed by atoms with van der Waals surface area (Å²) in [7, 11) is 0. The summed E-state index contributed by atoms with van der Waals surface area (Å²) in [6, 6.07) is -1.19. The molecule has 0 aromatic carbocycles. The highest BCUT2D eigenvalue weighted by Gasteiger charge is 2.22. The number of carboxylic acids is 1. The Morgan fingerprint density at radius 1 is 1.45 bits per heavy atom. The molecule has 1 saturated heterocycles. The number of rotatable bonds is 7. The molecule has 114 valence electrons. The minimum Gasteiger partial charge on any atom is -0.480 e. The SMILES string of the molecule is C=CCC(NC(=O)NC1CCN(CCC)CC1)C(=O)O. The van der Waals surface area contributed by atoms with Crippen LogP contribution < -0.4 is 10.6 Å². The second-order valence-corrected chi connectivity index (χ2v) is 5.15. The fourth-order valence-corrected chi connectivity index (χ4v) is 2.39. The fourth-order valence-electron chi connectivity index (χ4n) is 2.39. The third kappa shape index (κ3) is 5.61. The van der Waals surface area contributed by atoms with Crippen LogP contribution in [0, 0.1) is 0 Å². The van der Waals surface area contributed by atoms with E-state index in [1.165, 1.54) is 6.08 Å². The van der Waals surface area contributed by atoms with Gasteiger partial charge in [0.15, 0.2) is 0 Å². The van der Waals surface area contributed by atoms with Crippen molar-refractivity contribution in [1.29, 1.82) is 0 Å². The number of aliphatic carboxylic acids is 1. The van der Waals surface area contributed by atoms with Gasteiger partial charge in [0.2, 0.25) is 0 Å². The Morgan fingerprint density at radius 3 is 2.60 bits per heavy atom. The normalized spacial score (nSPS) is 18.2. The molecule has 1 rings (SSSR count). The summed E-state index contributed by atoms with van der Waals surface area (Å²) < 4.78 is 0. The van der Waals surface area contributed by atoms with Crippen LogP contribution in [0.15, 0.2) is 12.7 Å². The highest BCUT2D eigenvalue weighted by atomic mass is 16.4. The minimum absolute atomic E-state index is 0.126. The molecule has 0 saturated carbocycles. The number of amides is 2. The van der Waals surface area contributed by atoms with Gasteiger partial charge in [-0.2, -0.15) is 0 Å². The third-order valence-corrected chi connectivity index (χ3v) is 3.47. The van der Waals surface area contributed by atoms with Gasteiger partial charge in [0, 0.05) is 19.1 Å². The van der Waals surface area contributed by atoms with E-state index < -0.39 is 18.0 Å². The predicted molar refractivity (Wildman–Crippen MR) is 77.7 cm³/mol. The molecule has 1 heterocycles. The number of carboxylic acid groups (broad SMARTS) is 1. The lowest BCUT2D eigenvalue weighted by Gasteiger charge is -2.32. The topological polar surface area (TPSA) is 81.7 Å². The lowest BCUT2D eigenvalue weighted by atomic mass is 10.1. The summed E-state index contributed by atoms with van der Waals surface area (Å²) in [5.41, 5.74) is 0. The molecule has 1 atom stereocenters. The molecule has 2 amide bonds. The van der Waals surface area contributed by atoms with Crippen LogP contribution in [-0.2, 0) is 4.79 Å². The van der Waals surface area contributed by atoms with E-state index in [2.05, 4.69) is 29.0 Å².